The van der Waals surface area contributed by atoms with Gasteiger partial charge in [-0.3, -0.25) is 9.59 Å². The Morgan fingerprint density at radius 2 is 1.29 bits per heavy atom. The van der Waals surface area contributed by atoms with Crippen LogP contribution in [0.2, 0.25) is 0 Å². The average molecular weight is 452 g/mol. The monoisotopic (exact) mass is 451 g/mol. The Balaban J connectivity index is 1.88. The van der Waals surface area contributed by atoms with Gasteiger partial charge in [-0.1, -0.05) is 58.4 Å². The molecule has 1 N–H and O–H groups in total. The SMILES string of the molecule is O=C1C(Nc2ccc(Br)cc2)=C(S(=O)c2ccccc2)C(=O)c2ccccc21. The van der Waals surface area contributed by atoms with Gasteiger partial charge in [0.15, 0.2) is 0 Å². The largest absolute Gasteiger partial charge is 0.351 e. The summed E-state index contributed by atoms with van der Waals surface area (Å²) in [4.78, 5) is 26.8. The highest BCUT2D eigenvalue weighted by Gasteiger charge is 2.35. The zero-order valence-electron chi connectivity index (χ0n) is 14.5. The molecular formula is C22H14BrNO3S. The number of halogens is 1. The lowest BCUT2D eigenvalue weighted by Gasteiger charge is -2.21. The minimum atomic E-state index is -1.80. The Bertz CT molecular complexity index is 1140. The number of hydrogen-bond donors (Lipinski definition) is 1. The molecule has 6 heteroatoms. The lowest BCUT2D eigenvalue weighted by molar-refractivity contribution is 0.0982. The van der Waals surface area contributed by atoms with Crippen LogP contribution in [0, 0.1) is 0 Å². The number of anilines is 1. The van der Waals surface area contributed by atoms with E-state index in [4.69, 9.17) is 0 Å². The highest BCUT2D eigenvalue weighted by Crippen LogP contribution is 2.31. The molecule has 3 aromatic carbocycles. The molecule has 0 saturated carbocycles. The standard InChI is InChI=1S/C22H14BrNO3S/c23-14-10-12-15(13-11-14)24-19-20(25)17-8-4-5-9-18(17)21(26)22(19)28(27)16-6-2-1-3-7-16/h1-13,24H. The summed E-state index contributed by atoms with van der Waals surface area (Å²) in [5.41, 5.74) is 1.25. The van der Waals surface area contributed by atoms with E-state index < -0.39 is 16.6 Å². The summed E-state index contributed by atoms with van der Waals surface area (Å²) in [6, 6.07) is 22.5. The molecule has 0 saturated heterocycles. The molecule has 0 bridgehead atoms. The molecule has 4 rings (SSSR count). The van der Waals surface area contributed by atoms with Crippen LogP contribution < -0.4 is 5.32 Å². The molecule has 0 radical (unpaired) electrons. The fourth-order valence-corrected chi connectivity index (χ4v) is 4.49. The van der Waals surface area contributed by atoms with Crippen molar-refractivity contribution in [3.8, 4) is 0 Å². The first-order chi connectivity index (χ1) is 13.6. The van der Waals surface area contributed by atoms with E-state index in [9.17, 15) is 13.8 Å². The number of Topliss-reactive ketones (excluding diaryl/α,β-unsaturated/α-hetero) is 2. The topological polar surface area (TPSA) is 63.2 Å². The Morgan fingerprint density at radius 1 is 0.714 bits per heavy atom. The van der Waals surface area contributed by atoms with Crippen molar-refractivity contribution in [2.75, 3.05) is 5.32 Å². The van der Waals surface area contributed by atoms with Crippen molar-refractivity contribution in [3.05, 3.63) is 105 Å². The maximum atomic E-state index is 13.3. The molecule has 1 aliphatic carbocycles. The van der Waals surface area contributed by atoms with Crippen LogP contribution in [0.4, 0.5) is 5.69 Å². The van der Waals surface area contributed by atoms with E-state index in [-0.39, 0.29) is 21.9 Å². The van der Waals surface area contributed by atoms with Crippen molar-refractivity contribution in [2.24, 2.45) is 0 Å². The lowest BCUT2D eigenvalue weighted by Crippen LogP contribution is -2.28. The zero-order valence-corrected chi connectivity index (χ0v) is 16.9. The van der Waals surface area contributed by atoms with Gasteiger partial charge in [0.1, 0.15) is 10.6 Å². The second-order valence-electron chi connectivity index (χ2n) is 6.12. The van der Waals surface area contributed by atoms with Crippen LogP contribution in [0.5, 0.6) is 0 Å². The van der Waals surface area contributed by atoms with Gasteiger partial charge in [-0.05, 0) is 36.4 Å². The van der Waals surface area contributed by atoms with Crippen LogP contribution in [0.25, 0.3) is 0 Å². The van der Waals surface area contributed by atoms with Gasteiger partial charge in [0.05, 0.1) is 10.8 Å². The van der Waals surface area contributed by atoms with Crippen LogP contribution in [0.1, 0.15) is 20.7 Å². The van der Waals surface area contributed by atoms with Gasteiger partial charge in [-0.15, -0.1) is 0 Å². The molecule has 0 aromatic heterocycles. The molecule has 0 fully saturated rings. The predicted octanol–water partition coefficient (Wildman–Crippen LogP) is 4.96. The van der Waals surface area contributed by atoms with E-state index in [0.29, 0.717) is 16.1 Å². The lowest BCUT2D eigenvalue weighted by atomic mass is 9.92. The van der Waals surface area contributed by atoms with E-state index in [0.717, 1.165) is 4.47 Å². The molecule has 0 spiro atoms. The van der Waals surface area contributed by atoms with E-state index >= 15 is 0 Å². The number of fused-ring (bicyclic) bond motifs is 1. The number of carbonyl (C=O) groups is 2. The third-order valence-corrected chi connectivity index (χ3v) is 6.32. The minimum absolute atomic E-state index is 0.0298. The summed E-state index contributed by atoms with van der Waals surface area (Å²) in [5.74, 6) is -0.755. The number of allylic oxidation sites excluding steroid dienone is 2. The van der Waals surface area contributed by atoms with Crippen molar-refractivity contribution in [2.45, 2.75) is 4.90 Å². The van der Waals surface area contributed by atoms with E-state index in [2.05, 4.69) is 21.2 Å². The summed E-state index contributed by atoms with van der Waals surface area (Å²) in [7, 11) is -1.80. The van der Waals surface area contributed by atoms with Crippen LogP contribution >= 0.6 is 15.9 Å². The van der Waals surface area contributed by atoms with Crippen LogP contribution in [-0.4, -0.2) is 15.8 Å². The predicted molar refractivity (Wildman–Crippen MR) is 113 cm³/mol. The fourth-order valence-electron chi connectivity index (χ4n) is 2.98. The maximum Gasteiger partial charge on any atom is 0.211 e. The normalized spacial score (nSPS) is 14.6. The van der Waals surface area contributed by atoms with Gasteiger partial charge in [0.25, 0.3) is 0 Å². The summed E-state index contributed by atoms with van der Waals surface area (Å²) < 4.78 is 14.1. The fraction of sp³-hybridized carbons (Fsp3) is 0. The molecule has 1 unspecified atom stereocenters. The summed E-state index contributed by atoms with van der Waals surface area (Å²) in [6.07, 6.45) is 0. The maximum absolute atomic E-state index is 13.3. The van der Waals surface area contributed by atoms with Crippen molar-refractivity contribution in [1.82, 2.24) is 0 Å². The molecule has 4 nitrogen and oxygen atoms in total. The van der Waals surface area contributed by atoms with E-state index in [1.807, 2.05) is 12.1 Å². The molecule has 3 aromatic rings. The average Bonchev–Trinajstić information content (AvgIpc) is 2.74. The molecule has 1 aliphatic rings. The molecule has 138 valence electrons. The minimum Gasteiger partial charge on any atom is -0.351 e. The molecule has 28 heavy (non-hydrogen) atoms. The number of ketones is 2. The Labute approximate surface area is 172 Å². The number of nitrogens with one attached hydrogen (secondary N) is 1. The third kappa shape index (κ3) is 3.37. The molecule has 0 aliphatic heterocycles. The van der Waals surface area contributed by atoms with E-state index in [1.54, 1.807) is 66.7 Å². The Kier molecular flexibility index (Phi) is 5.07. The smallest absolute Gasteiger partial charge is 0.211 e. The molecule has 0 heterocycles. The van der Waals surface area contributed by atoms with Gasteiger partial charge in [0, 0.05) is 26.2 Å². The molecular weight excluding hydrogens is 438 g/mol. The number of carbonyl (C=O) groups excluding carboxylic acids is 2. The van der Waals surface area contributed by atoms with Crippen molar-refractivity contribution >= 4 is 44.0 Å². The molecule has 0 amide bonds. The second-order valence-corrected chi connectivity index (χ2v) is 8.45. The third-order valence-electron chi connectivity index (χ3n) is 4.33. The Hall–Kier alpha value is -2.83. The second kappa shape index (κ2) is 7.66. The first-order valence-electron chi connectivity index (χ1n) is 8.48. The van der Waals surface area contributed by atoms with Crippen molar-refractivity contribution in [3.63, 3.8) is 0 Å². The Morgan fingerprint density at radius 3 is 1.93 bits per heavy atom. The molecule has 1 atom stereocenters. The summed E-state index contributed by atoms with van der Waals surface area (Å²) in [6.45, 7) is 0. The zero-order chi connectivity index (χ0) is 19.7. The van der Waals surface area contributed by atoms with E-state index in [1.165, 1.54) is 0 Å². The number of rotatable bonds is 4. The quantitative estimate of drug-likeness (QED) is 0.608. The number of hydrogen-bond acceptors (Lipinski definition) is 4. The van der Waals surface area contributed by atoms with Crippen LogP contribution in [-0.2, 0) is 10.8 Å². The van der Waals surface area contributed by atoms with Gasteiger partial charge < -0.3 is 5.32 Å². The first kappa shape index (κ1) is 18.5. The summed E-state index contributed by atoms with van der Waals surface area (Å²) >= 11 is 3.37. The van der Waals surface area contributed by atoms with Gasteiger partial charge in [-0.25, -0.2) is 4.21 Å². The highest BCUT2D eigenvalue weighted by molar-refractivity contribution is 9.10. The van der Waals surface area contributed by atoms with Crippen LogP contribution in [0.3, 0.4) is 0 Å². The van der Waals surface area contributed by atoms with Crippen molar-refractivity contribution in [1.29, 1.82) is 0 Å². The van der Waals surface area contributed by atoms with Crippen molar-refractivity contribution < 1.29 is 13.8 Å². The summed E-state index contributed by atoms with van der Waals surface area (Å²) in [5, 5.41) is 3.03. The van der Waals surface area contributed by atoms with Gasteiger partial charge in [0.2, 0.25) is 11.6 Å². The highest BCUT2D eigenvalue weighted by atomic mass is 79.9. The van der Waals surface area contributed by atoms with Gasteiger partial charge in [-0.2, -0.15) is 0 Å². The van der Waals surface area contributed by atoms with Crippen LogP contribution in [0.15, 0.2) is 98.8 Å². The van der Waals surface area contributed by atoms with Gasteiger partial charge >= 0.3 is 0 Å². The first-order valence-corrected chi connectivity index (χ1v) is 10.4. The number of benzene rings is 3.